The van der Waals surface area contributed by atoms with Crippen molar-refractivity contribution in [1.82, 2.24) is 19.7 Å². The fourth-order valence-electron chi connectivity index (χ4n) is 4.67. The predicted octanol–water partition coefficient (Wildman–Crippen LogP) is 3.16. The summed E-state index contributed by atoms with van der Waals surface area (Å²) in [5.41, 5.74) is 2.53. The van der Waals surface area contributed by atoms with Gasteiger partial charge in [-0.25, -0.2) is 0 Å². The van der Waals surface area contributed by atoms with E-state index in [4.69, 9.17) is 4.74 Å². The van der Waals surface area contributed by atoms with Gasteiger partial charge in [-0.2, -0.15) is 0 Å². The molecule has 0 spiro atoms. The molecule has 0 aliphatic carbocycles. The Morgan fingerprint density at radius 2 is 1.73 bits per heavy atom. The average Bonchev–Trinajstić information content (AvgIpc) is 3.23. The highest BCUT2D eigenvalue weighted by atomic mass is 16.5. The highest BCUT2D eigenvalue weighted by Crippen LogP contribution is 2.25. The Hall–Kier alpha value is -1.95. The number of hydrogen-bond donors (Lipinski definition) is 0. The SMILES string of the molecule is CCN1CCN(CCOc2ccccc2CN2CCC(Cc3ccccn3)C2)CC1. The molecule has 0 radical (unpaired) electrons. The smallest absolute Gasteiger partial charge is 0.123 e. The van der Waals surface area contributed by atoms with Crippen LogP contribution in [0.4, 0.5) is 0 Å². The number of ether oxygens (including phenoxy) is 1. The Morgan fingerprint density at radius 1 is 0.933 bits per heavy atom. The second-order valence-corrected chi connectivity index (χ2v) is 8.65. The summed E-state index contributed by atoms with van der Waals surface area (Å²) in [6.07, 6.45) is 4.24. The van der Waals surface area contributed by atoms with Crippen LogP contribution in [-0.4, -0.2) is 78.6 Å². The van der Waals surface area contributed by atoms with Gasteiger partial charge in [0.25, 0.3) is 0 Å². The highest BCUT2D eigenvalue weighted by Gasteiger charge is 2.24. The van der Waals surface area contributed by atoms with Gasteiger partial charge in [0.15, 0.2) is 0 Å². The largest absolute Gasteiger partial charge is 0.492 e. The van der Waals surface area contributed by atoms with Crippen LogP contribution in [0.25, 0.3) is 0 Å². The highest BCUT2D eigenvalue weighted by molar-refractivity contribution is 5.33. The molecule has 5 nitrogen and oxygen atoms in total. The van der Waals surface area contributed by atoms with E-state index in [-0.39, 0.29) is 0 Å². The van der Waals surface area contributed by atoms with Crippen molar-refractivity contribution in [3.8, 4) is 5.75 Å². The first-order valence-corrected chi connectivity index (χ1v) is 11.6. The molecule has 0 amide bonds. The number of benzene rings is 1. The minimum absolute atomic E-state index is 0.703. The van der Waals surface area contributed by atoms with Crippen LogP contribution in [0.5, 0.6) is 5.75 Å². The Kier molecular flexibility index (Phi) is 7.73. The van der Waals surface area contributed by atoms with Gasteiger partial charge in [0, 0.05) is 63.3 Å². The van der Waals surface area contributed by atoms with E-state index in [0.29, 0.717) is 5.92 Å². The summed E-state index contributed by atoms with van der Waals surface area (Å²) in [6, 6.07) is 14.8. The standard InChI is InChI=1S/C25H36N4O/c1-2-27-13-15-28(16-14-27)17-18-30-25-9-4-3-7-23(25)21-29-12-10-22(20-29)19-24-8-5-6-11-26-24/h3-9,11,22H,2,10,12-21H2,1H3. The second kappa shape index (κ2) is 10.9. The van der Waals surface area contributed by atoms with Crippen molar-refractivity contribution in [2.45, 2.75) is 26.3 Å². The lowest BCUT2D eigenvalue weighted by Gasteiger charge is -2.33. The molecule has 3 heterocycles. The summed E-state index contributed by atoms with van der Waals surface area (Å²) in [4.78, 5) is 12.1. The first-order valence-electron chi connectivity index (χ1n) is 11.6. The number of likely N-dealkylation sites (tertiary alicyclic amines) is 1. The van der Waals surface area contributed by atoms with E-state index in [9.17, 15) is 0 Å². The van der Waals surface area contributed by atoms with Gasteiger partial charge in [0.05, 0.1) is 0 Å². The van der Waals surface area contributed by atoms with E-state index in [1.165, 1.54) is 30.8 Å². The summed E-state index contributed by atoms with van der Waals surface area (Å²) in [5.74, 6) is 1.76. The molecule has 2 fully saturated rings. The van der Waals surface area contributed by atoms with E-state index in [1.54, 1.807) is 0 Å². The van der Waals surface area contributed by atoms with Crippen molar-refractivity contribution in [3.63, 3.8) is 0 Å². The molecule has 1 atom stereocenters. The van der Waals surface area contributed by atoms with E-state index < -0.39 is 0 Å². The molecule has 2 saturated heterocycles. The van der Waals surface area contributed by atoms with Crippen LogP contribution in [0.3, 0.4) is 0 Å². The van der Waals surface area contributed by atoms with Crippen molar-refractivity contribution in [1.29, 1.82) is 0 Å². The van der Waals surface area contributed by atoms with Crippen molar-refractivity contribution < 1.29 is 4.74 Å². The fourth-order valence-corrected chi connectivity index (χ4v) is 4.67. The second-order valence-electron chi connectivity index (χ2n) is 8.65. The maximum Gasteiger partial charge on any atom is 0.123 e. The molecule has 0 saturated carbocycles. The molecule has 4 rings (SSSR count). The Labute approximate surface area is 181 Å². The zero-order chi connectivity index (χ0) is 20.6. The number of piperazine rings is 1. The number of likely N-dealkylation sites (N-methyl/N-ethyl adjacent to an activating group) is 1. The Balaban J connectivity index is 1.23. The maximum absolute atomic E-state index is 6.23. The van der Waals surface area contributed by atoms with Gasteiger partial charge in [0.1, 0.15) is 12.4 Å². The molecule has 2 aliphatic rings. The van der Waals surface area contributed by atoms with Gasteiger partial charge in [-0.3, -0.25) is 14.8 Å². The van der Waals surface area contributed by atoms with Crippen LogP contribution in [-0.2, 0) is 13.0 Å². The number of rotatable bonds is 9. The summed E-state index contributed by atoms with van der Waals surface area (Å²) in [6.45, 7) is 13.2. The van der Waals surface area contributed by atoms with Gasteiger partial charge < -0.3 is 9.64 Å². The predicted molar refractivity (Wildman–Crippen MR) is 122 cm³/mol. The molecule has 1 aromatic carbocycles. The van der Waals surface area contributed by atoms with Crippen molar-refractivity contribution in [2.75, 3.05) is 59.0 Å². The minimum Gasteiger partial charge on any atom is -0.492 e. The van der Waals surface area contributed by atoms with Gasteiger partial charge >= 0.3 is 0 Å². The molecule has 0 bridgehead atoms. The zero-order valence-corrected chi connectivity index (χ0v) is 18.4. The van der Waals surface area contributed by atoms with Crippen LogP contribution in [0.15, 0.2) is 48.7 Å². The van der Waals surface area contributed by atoms with Gasteiger partial charge in [-0.15, -0.1) is 0 Å². The molecular formula is C25H36N4O. The number of pyridine rings is 1. The van der Waals surface area contributed by atoms with Crippen LogP contribution in [0.1, 0.15) is 24.6 Å². The van der Waals surface area contributed by atoms with E-state index in [2.05, 4.69) is 63.0 Å². The van der Waals surface area contributed by atoms with Crippen LogP contribution < -0.4 is 4.74 Å². The summed E-state index contributed by atoms with van der Waals surface area (Å²) >= 11 is 0. The van der Waals surface area contributed by atoms with Crippen molar-refractivity contribution in [3.05, 3.63) is 59.9 Å². The summed E-state index contributed by atoms with van der Waals surface area (Å²) < 4.78 is 6.23. The lowest BCUT2D eigenvalue weighted by atomic mass is 10.0. The van der Waals surface area contributed by atoms with Crippen LogP contribution >= 0.6 is 0 Å². The first kappa shape index (κ1) is 21.3. The fraction of sp³-hybridized carbons (Fsp3) is 0.560. The number of para-hydroxylation sites is 1. The van der Waals surface area contributed by atoms with Gasteiger partial charge in [0.2, 0.25) is 0 Å². The molecule has 0 N–H and O–H groups in total. The van der Waals surface area contributed by atoms with Crippen molar-refractivity contribution >= 4 is 0 Å². The van der Waals surface area contributed by atoms with Gasteiger partial charge in [-0.05, 0) is 50.0 Å². The third kappa shape index (κ3) is 6.03. The third-order valence-corrected chi connectivity index (χ3v) is 6.54. The lowest BCUT2D eigenvalue weighted by molar-refractivity contribution is 0.120. The average molecular weight is 409 g/mol. The normalized spacial score (nSPS) is 21.2. The first-order chi connectivity index (χ1) is 14.8. The molecule has 5 heteroatoms. The summed E-state index contributed by atoms with van der Waals surface area (Å²) in [7, 11) is 0. The monoisotopic (exact) mass is 408 g/mol. The molecule has 2 aromatic rings. The molecule has 1 unspecified atom stereocenters. The third-order valence-electron chi connectivity index (χ3n) is 6.54. The number of hydrogen-bond acceptors (Lipinski definition) is 5. The topological polar surface area (TPSA) is 31.8 Å². The Bertz CT molecular complexity index is 761. The quantitative estimate of drug-likeness (QED) is 0.636. The van der Waals surface area contributed by atoms with Gasteiger partial charge in [-0.1, -0.05) is 31.2 Å². The molecular weight excluding hydrogens is 372 g/mol. The summed E-state index contributed by atoms with van der Waals surface area (Å²) in [5, 5.41) is 0. The van der Waals surface area contributed by atoms with E-state index in [0.717, 1.165) is 64.6 Å². The molecule has 162 valence electrons. The van der Waals surface area contributed by atoms with E-state index in [1.807, 2.05) is 12.3 Å². The van der Waals surface area contributed by atoms with E-state index >= 15 is 0 Å². The Morgan fingerprint density at radius 3 is 2.53 bits per heavy atom. The lowest BCUT2D eigenvalue weighted by Crippen LogP contribution is -2.47. The van der Waals surface area contributed by atoms with Crippen molar-refractivity contribution in [2.24, 2.45) is 5.92 Å². The maximum atomic E-state index is 6.23. The number of aromatic nitrogens is 1. The minimum atomic E-state index is 0.703. The number of nitrogens with zero attached hydrogens (tertiary/aromatic N) is 4. The van der Waals surface area contributed by atoms with Crippen LogP contribution in [0, 0.1) is 5.92 Å². The molecule has 1 aromatic heterocycles. The molecule has 2 aliphatic heterocycles. The van der Waals surface area contributed by atoms with Crippen LogP contribution in [0.2, 0.25) is 0 Å². The molecule has 30 heavy (non-hydrogen) atoms. The zero-order valence-electron chi connectivity index (χ0n) is 18.4.